The first-order valence-corrected chi connectivity index (χ1v) is 12.9. The van der Waals surface area contributed by atoms with Gasteiger partial charge in [-0.1, -0.05) is 0 Å². The van der Waals surface area contributed by atoms with E-state index in [1.165, 1.54) is 18.2 Å². The van der Waals surface area contributed by atoms with Gasteiger partial charge in [-0.3, -0.25) is 19.2 Å². The Labute approximate surface area is 233 Å². The lowest BCUT2D eigenvalue weighted by Crippen LogP contribution is -2.47. The van der Waals surface area contributed by atoms with Gasteiger partial charge in [-0.15, -0.1) is 0 Å². The maximum Gasteiger partial charge on any atom is 0.271 e. The number of piperazine rings is 1. The highest BCUT2D eigenvalue weighted by atomic mass is 16.6. The molecule has 4 amide bonds. The van der Waals surface area contributed by atoms with Crippen molar-refractivity contribution in [3.05, 3.63) is 29.3 Å². The fraction of sp³-hybridized carbons (Fsp3) is 0.577. The molecule has 1 saturated heterocycles. The van der Waals surface area contributed by atoms with E-state index in [9.17, 15) is 19.2 Å². The largest absolute Gasteiger partial charge is 0.484 e. The number of amides is 4. The van der Waals surface area contributed by atoms with Crippen LogP contribution >= 0.6 is 0 Å². The molecule has 0 atom stereocenters. The third-order valence-electron chi connectivity index (χ3n) is 5.68. The van der Waals surface area contributed by atoms with Crippen molar-refractivity contribution in [1.29, 1.82) is 0 Å². The predicted octanol–water partition coefficient (Wildman–Crippen LogP) is -1.04. The van der Waals surface area contributed by atoms with Gasteiger partial charge in [-0.25, -0.2) is 4.99 Å². The smallest absolute Gasteiger partial charge is 0.271 e. The molecule has 1 aliphatic rings. The Kier molecular flexibility index (Phi) is 15.4. The molecule has 3 N–H and O–H groups in total. The second-order valence-electron chi connectivity index (χ2n) is 8.79. The highest BCUT2D eigenvalue weighted by Crippen LogP contribution is 2.19. The summed E-state index contributed by atoms with van der Waals surface area (Å²) in [5.41, 5.74) is 5.83. The van der Waals surface area contributed by atoms with E-state index in [2.05, 4.69) is 21.9 Å². The van der Waals surface area contributed by atoms with E-state index in [1.54, 1.807) is 4.90 Å². The fourth-order valence-electron chi connectivity index (χ4n) is 3.47. The minimum atomic E-state index is -0.697. The van der Waals surface area contributed by atoms with Crippen molar-refractivity contribution in [2.24, 2.45) is 10.7 Å². The van der Waals surface area contributed by atoms with Crippen LogP contribution in [0.3, 0.4) is 0 Å². The van der Waals surface area contributed by atoms with E-state index in [-0.39, 0.29) is 61.7 Å². The minimum Gasteiger partial charge on any atom is -0.484 e. The Bertz CT molecular complexity index is 983. The zero-order chi connectivity index (χ0) is 29.2. The average Bonchev–Trinajstić information content (AvgIpc) is 2.95. The van der Waals surface area contributed by atoms with Crippen molar-refractivity contribution >= 4 is 30.3 Å². The van der Waals surface area contributed by atoms with E-state index in [1.807, 2.05) is 7.05 Å². The first kappa shape index (κ1) is 32.8. The molecule has 0 aromatic heterocycles. The lowest BCUT2D eigenvalue weighted by molar-refractivity contribution is -0.123. The van der Waals surface area contributed by atoms with Crippen molar-refractivity contribution in [3.63, 3.8) is 0 Å². The van der Waals surface area contributed by atoms with Gasteiger partial charge < -0.3 is 44.5 Å². The molecule has 0 saturated carbocycles. The number of primary amides is 1. The van der Waals surface area contributed by atoms with E-state index < -0.39 is 11.8 Å². The SMILES string of the molecule is C=NC(=O)COCCOCCOCCOCCNC(=O)COc1cc(C(N)=O)cc(C(=O)N2CCN(C)CC2)c1. The molecule has 0 radical (unpaired) electrons. The number of nitrogens with zero attached hydrogens (tertiary/aromatic N) is 3. The summed E-state index contributed by atoms with van der Waals surface area (Å²) in [6.45, 7) is 7.98. The van der Waals surface area contributed by atoms with Gasteiger partial charge >= 0.3 is 0 Å². The third-order valence-corrected chi connectivity index (χ3v) is 5.68. The number of carbonyl (C=O) groups is 4. The summed E-state index contributed by atoms with van der Waals surface area (Å²) in [4.78, 5) is 54.7. The number of rotatable bonds is 19. The average molecular weight is 566 g/mol. The van der Waals surface area contributed by atoms with Crippen LogP contribution in [0.4, 0.5) is 0 Å². The summed E-state index contributed by atoms with van der Waals surface area (Å²) in [7, 11) is 1.99. The molecule has 14 nitrogen and oxygen atoms in total. The molecule has 14 heteroatoms. The molecule has 0 unspecified atom stereocenters. The number of nitrogens with two attached hydrogens (primary N) is 1. The van der Waals surface area contributed by atoms with Crippen molar-refractivity contribution < 1.29 is 42.9 Å². The molecule has 0 aliphatic carbocycles. The molecular weight excluding hydrogens is 526 g/mol. The second-order valence-corrected chi connectivity index (χ2v) is 8.79. The Balaban J connectivity index is 1.57. The van der Waals surface area contributed by atoms with Gasteiger partial charge in [-0.2, -0.15) is 0 Å². The van der Waals surface area contributed by atoms with Gasteiger partial charge in [0.1, 0.15) is 12.4 Å². The number of benzene rings is 1. The number of ether oxygens (including phenoxy) is 5. The summed E-state index contributed by atoms with van der Waals surface area (Å²) in [6, 6.07) is 4.35. The highest BCUT2D eigenvalue weighted by Gasteiger charge is 2.22. The van der Waals surface area contributed by atoms with Crippen LogP contribution in [0.1, 0.15) is 20.7 Å². The Hall–Kier alpha value is -3.43. The maximum absolute atomic E-state index is 12.9. The molecule has 1 heterocycles. The Morgan fingerprint density at radius 1 is 0.850 bits per heavy atom. The topological polar surface area (TPSA) is 171 Å². The van der Waals surface area contributed by atoms with Gasteiger partial charge in [0, 0.05) is 43.9 Å². The first-order valence-electron chi connectivity index (χ1n) is 12.9. The zero-order valence-electron chi connectivity index (χ0n) is 22.9. The van der Waals surface area contributed by atoms with Crippen LogP contribution in [0.5, 0.6) is 5.75 Å². The number of hydrogen-bond acceptors (Lipinski definition) is 10. The summed E-state index contributed by atoms with van der Waals surface area (Å²) in [5.74, 6) is -1.53. The fourth-order valence-corrected chi connectivity index (χ4v) is 3.47. The van der Waals surface area contributed by atoms with Crippen LogP contribution in [-0.2, 0) is 28.5 Å². The molecule has 1 aromatic rings. The summed E-state index contributed by atoms with van der Waals surface area (Å²) in [5, 5.41) is 2.67. The van der Waals surface area contributed by atoms with E-state index in [0.29, 0.717) is 46.1 Å². The number of carbonyl (C=O) groups excluding carboxylic acids is 4. The van der Waals surface area contributed by atoms with Crippen molar-refractivity contribution in [2.45, 2.75) is 0 Å². The third kappa shape index (κ3) is 13.1. The maximum atomic E-state index is 12.9. The van der Waals surface area contributed by atoms with Gasteiger partial charge in [0.05, 0.1) is 46.2 Å². The number of likely N-dealkylation sites (N-methyl/N-ethyl adjacent to an activating group) is 1. The molecule has 2 rings (SSSR count). The molecular formula is C26H39N5O9. The van der Waals surface area contributed by atoms with Gasteiger partial charge in [-0.05, 0) is 32.0 Å². The van der Waals surface area contributed by atoms with Crippen LogP contribution < -0.4 is 15.8 Å². The van der Waals surface area contributed by atoms with Crippen LogP contribution in [0.15, 0.2) is 23.2 Å². The number of nitrogens with one attached hydrogen (secondary N) is 1. The lowest BCUT2D eigenvalue weighted by Gasteiger charge is -2.32. The molecule has 1 aromatic carbocycles. The van der Waals surface area contributed by atoms with Crippen LogP contribution in [-0.4, -0.2) is 139 Å². The van der Waals surface area contributed by atoms with Gasteiger partial charge in [0.2, 0.25) is 5.91 Å². The van der Waals surface area contributed by atoms with E-state index >= 15 is 0 Å². The van der Waals surface area contributed by atoms with Gasteiger partial charge in [0.25, 0.3) is 17.7 Å². The Morgan fingerprint density at radius 3 is 2.02 bits per heavy atom. The van der Waals surface area contributed by atoms with Crippen LogP contribution in [0.25, 0.3) is 0 Å². The van der Waals surface area contributed by atoms with Crippen molar-refractivity contribution in [2.75, 3.05) is 99.2 Å². The van der Waals surface area contributed by atoms with Crippen LogP contribution in [0.2, 0.25) is 0 Å². The lowest BCUT2D eigenvalue weighted by atomic mass is 10.1. The summed E-state index contributed by atoms with van der Waals surface area (Å²) >= 11 is 0. The monoisotopic (exact) mass is 565 g/mol. The van der Waals surface area contributed by atoms with Crippen molar-refractivity contribution in [1.82, 2.24) is 15.1 Å². The molecule has 0 spiro atoms. The Morgan fingerprint density at radius 2 is 1.43 bits per heavy atom. The summed E-state index contributed by atoms with van der Waals surface area (Å²) < 4.78 is 26.6. The van der Waals surface area contributed by atoms with E-state index in [4.69, 9.17) is 29.4 Å². The molecule has 1 fully saturated rings. The molecule has 40 heavy (non-hydrogen) atoms. The molecule has 0 bridgehead atoms. The van der Waals surface area contributed by atoms with Crippen molar-refractivity contribution in [3.8, 4) is 5.75 Å². The van der Waals surface area contributed by atoms with Gasteiger partial charge in [0.15, 0.2) is 6.61 Å². The second kappa shape index (κ2) is 18.8. The normalized spacial score (nSPS) is 13.6. The minimum absolute atomic E-state index is 0.112. The molecule has 222 valence electrons. The first-order chi connectivity index (χ1) is 19.3. The van der Waals surface area contributed by atoms with E-state index in [0.717, 1.165) is 13.1 Å². The molecule has 1 aliphatic heterocycles. The predicted molar refractivity (Wildman–Crippen MR) is 145 cm³/mol. The number of aliphatic imine (C=N–C) groups is 1. The zero-order valence-corrected chi connectivity index (χ0v) is 22.9. The van der Waals surface area contributed by atoms with Crippen LogP contribution in [0, 0.1) is 0 Å². The quantitative estimate of drug-likeness (QED) is 0.156. The number of hydrogen-bond donors (Lipinski definition) is 2. The standard InChI is InChI=1S/C26H39N5O9/c1-28-23(32)18-39-14-13-38-12-11-37-10-9-36-8-3-29-24(33)19-40-22-16-20(25(27)34)15-21(17-22)26(35)31-6-4-30(2)5-7-31/h15-17H,1,3-14,18-19H2,2H3,(H2,27,34)(H,29,33). The summed E-state index contributed by atoms with van der Waals surface area (Å²) in [6.07, 6.45) is 0. The highest BCUT2D eigenvalue weighted by molar-refractivity contribution is 5.99.